The number of carbonyl (C=O) groups excluding carboxylic acids is 1. The molecule has 3 heteroatoms. The molecule has 0 atom stereocenters. The molecule has 2 N–H and O–H groups in total. The fraction of sp³-hybridized carbons (Fsp3) is 0.333. The zero-order chi connectivity index (χ0) is 7.70. The van der Waals surface area contributed by atoms with Crippen molar-refractivity contribution in [2.45, 2.75) is 6.92 Å². The summed E-state index contributed by atoms with van der Waals surface area (Å²) in [6, 6.07) is 0. The number of ether oxygens (including phenoxy) is 1. The summed E-state index contributed by atoms with van der Waals surface area (Å²) in [5.41, 5.74) is 6.79. The minimum absolute atomic E-state index is 0.356. The summed E-state index contributed by atoms with van der Waals surface area (Å²) >= 11 is 0. The molecule has 0 aliphatic heterocycles. The van der Waals surface area contributed by atoms with Crippen molar-refractivity contribution in [1.29, 1.82) is 0 Å². The van der Waals surface area contributed by atoms with Gasteiger partial charge in [-0.3, -0.25) is 0 Å². The molecule has 52 valence electrons. The quantitative estimate of drug-likeness (QED) is 0.538. The van der Waals surface area contributed by atoms with Crippen molar-refractivity contribution in [3.63, 3.8) is 0 Å². The van der Waals surface area contributed by atoms with E-state index in [1.54, 1.807) is 6.92 Å². The third-order valence-electron chi connectivity index (χ3n) is 0.287. The van der Waals surface area contributed by atoms with Crippen LogP contribution in [-0.4, -0.2) is 12.7 Å². The Bertz CT molecular complexity index is 104. The Balaban J connectivity index is 0. The van der Waals surface area contributed by atoms with Crippen molar-refractivity contribution in [3.8, 4) is 0 Å². The Kier molecular flexibility index (Phi) is 11.8. The zero-order valence-electron chi connectivity index (χ0n) is 5.52. The Labute approximate surface area is 54.8 Å². The van der Waals surface area contributed by atoms with Gasteiger partial charge in [0.15, 0.2) is 0 Å². The molecule has 0 aromatic heterocycles. The lowest BCUT2D eigenvalue weighted by atomic mass is 10.9. The Hall–Kier alpha value is -1.21. The van der Waals surface area contributed by atoms with Gasteiger partial charge in [0.05, 0.1) is 6.61 Å². The van der Waals surface area contributed by atoms with Crippen LogP contribution in [0.25, 0.3) is 0 Å². The molecule has 0 aromatic rings. The van der Waals surface area contributed by atoms with Crippen molar-refractivity contribution in [1.82, 2.24) is 0 Å². The number of hydrogen-bond acceptors (Lipinski definition) is 2. The van der Waals surface area contributed by atoms with Gasteiger partial charge in [-0.1, -0.05) is 13.2 Å². The molecular formula is C6H11NO2. The summed E-state index contributed by atoms with van der Waals surface area (Å²) < 4.78 is 4.18. The van der Waals surface area contributed by atoms with Gasteiger partial charge in [0.25, 0.3) is 0 Å². The molecule has 0 saturated carbocycles. The molecule has 0 aliphatic rings. The minimum Gasteiger partial charge on any atom is -0.450 e. The smallest absolute Gasteiger partial charge is 0.404 e. The van der Waals surface area contributed by atoms with Crippen LogP contribution in [0.1, 0.15) is 6.92 Å². The fourth-order valence-corrected chi connectivity index (χ4v) is 0.142. The van der Waals surface area contributed by atoms with Gasteiger partial charge in [-0.2, -0.15) is 0 Å². The van der Waals surface area contributed by atoms with Gasteiger partial charge in [-0.05, 0) is 6.92 Å². The monoisotopic (exact) mass is 129 g/mol. The van der Waals surface area contributed by atoms with Gasteiger partial charge in [0.1, 0.15) is 0 Å². The highest BCUT2D eigenvalue weighted by molar-refractivity contribution is 5.64. The molecule has 0 bridgehead atoms. The van der Waals surface area contributed by atoms with E-state index < -0.39 is 6.09 Å². The van der Waals surface area contributed by atoms with Gasteiger partial charge in [-0.25, -0.2) is 4.79 Å². The van der Waals surface area contributed by atoms with E-state index in [0.29, 0.717) is 6.61 Å². The first-order chi connectivity index (χ1) is 4.18. The molecule has 0 radical (unpaired) electrons. The van der Waals surface area contributed by atoms with Gasteiger partial charge >= 0.3 is 6.09 Å². The van der Waals surface area contributed by atoms with E-state index in [1.165, 1.54) is 0 Å². The van der Waals surface area contributed by atoms with Crippen LogP contribution in [0.5, 0.6) is 0 Å². The van der Waals surface area contributed by atoms with Crippen LogP contribution in [0.15, 0.2) is 18.9 Å². The lowest BCUT2D eigenvalue weighted by Gasteiger charge is -1.89. The standard InChI is InChI=1S/C3H7NO2.C3H4/c1-2-6-3(4)5;1-3-2/h2H2,1H3,(H2,4,5);1-2H2. The van der Waals surface area contributed by atoms with E-state index in [-0.39, 0.29) is 0 Å². The zero-order valence-corrected chi connectivity index (χ0v) is 5.52. The van der Waals surface area contributed by atoms with Crippen LogP contribution < -0.4 is 5.73 Å². The van der Waals surface area contributed by atoms with E-state index in [9.17, 15) is 4.79 Å². The molecule has 0 heterocycles. The highest BCUT2D eigenvalue weighted by atomic mass is 16.5. The lowest BCUT2D eigenvalue weighted by molar-refractivity contribution is 0.163. The van der Waals surface area contributed by atoms with Crippen LogP contribution in [-0.2, 0) is 4.74 Å². The van der Waals surface area contributed by atoms with Crippen LogP contribution in [0, 0.1) is 0 Å². The van der Waals surface area contributed by atoms with E-state index in [0.717, 1.165) is 0 Å². The predicted molar refractivity (Wildman–Crippen MR) is 36.0 cm³/mol. The fourth-order valence-electron chi connectivity index (χ4n) is 0.142. The van der Waals surface area contributed by atoms with Crippen molar-refractivity contribution >= 4 is 6.09 Å². The SMILES string of the molecule is C=C=C.CCOC(N)=O. The third-order valence-corrected chi connectivity index (χ3v) is 0.287. The van der Waals surface area contributed by atoms with Crippen molar-refractivity contribution in [2.75, 3.05) is 6.61 Å². The van der Waals surface area contributed by atoms with Gasteiger partial charge < -0.3 is 10.5 Å². The molecule has 0 fully saturated rings. The molecule has 0 aliphatic carbocycles. The summed E-state index contributed by atoms with van der Waals surface area (Å²) in [6.45, 7) is 8.31. The second-order valence-electron chi connectivity index (χ2n) is 1.00. The Morgan fingerprint density at radius 3 is 2.11 bits per heavy atom. The molecule has 0 spiro atoms. The average Bonchev–Trinajstić information content (AvgIpc) is 1.67. The molecule has 0 aromatic carbocycles. The number of amides is 1. The molecule has 9 heavy (non-hydrogen) atoms. The van der Waals surface area contributed by atoms with E-state index in [2.05, 4.69) is 29.4 Å². The molecule has 1 amide bonds. The van der Waals surface area contributed by atoms with E-state index in [1.807, 2.05) is 0 Å². The number of nitrogens with two attached hydrogens (primary N) is 1. The van der Waals surface area contributed by atoms with Crippen LogP contribution >= 0.6 is 0 Å². The van der Waals surface area contributed by atoms with Crippen LogP contribution in [0.3, 0.4) is 0 Å². The molecule has 0 rings (SSSR count). The molecule has 0 saturated heterocycles. The molecule has 3 nitrogen and oxygen atoms in total. The maximum absolute atomic E-state index is 9.60. The highest BCUT2D eigenvalue weighted by Crippen LogP contribution is 1.66. The largest absolute Gasteiger partial charge is 0.450 e. The van der Waals surface area contributed by atoms with E-state index in [4.69, 9.17) is 0 Å². The second-order valence-corrected chi connectivity index (χ2v) is 1.00. The first-order valence-electron chi connectivity index (χ1n) is 2.40. The second kappa shape index (κ2) is 9.92. The number of carbonyl (C=O) groups is 1. The molecular weight excluding hydrogens is 118 g/mol. The number of hydrogen-bond donors (Lipinski definition) is 1. The summed E-state index contributed by atoms with van der Waals surface area (Å²) in [7, 11) is 0. The summed E-state index contributed by atoms with van der Waals surface area (Å²) in [5.74, 6) is 0. The number of rotatable bonds is 1. The Morgan fingerprint density at radius 2 is 2.11 bits per heavy atom. The first kappa shape index (κ1) is 10.7. The lowest BCUT2D eigenvalue weighted by Crippen LogP contribution is -2.11. The highest BCUT2D eigenvalue weighted by Gasteiger charge is 1.82. The van der Waals surface area contributed by atoms with Crippen molar-refractivity contribution in [2.24, 2.45) is 5.73 Å². The minimum atomic E-state index is -0.711. The van der Waals surface area contributed by atoms with Crippen LogP contribution in [0.2, 0.25) is 0 Å². The average molecular weight is 129 g/mol. The van der Waals surface area contributed by atoms with Crippen molar-refractivity contribution < 1.29 is 9.53 Å². The maximum atomic E-state index is 9.60. The summed E-state index contributed by atoms with van der Waals surface area (Å²) in [5, 5.41) is 0. The third kappa shape index (κ3) is 48.6. The Morgan fingerprint density at radius 1 is 1.78 bits per heavy atom. The predicted octanol–water partition coefficient (Wildman–Crippen LogP) is 1.06. The van der Waals surface area contributed by atoms with Crippen LogP contribution in [0.4, 0.5) is 4.79 Å². The normalized spacial score (nSPS) is 5.89. The maximum Gasteiger partial charge on any atom is 0.404 e. The van der Waals surface area contributed by atoms with Gasteiger partial charge in [0, 0.05) is 0 Å². The summed E-state index contributed by atoms with van der Waals surface area (Å²) in [6.07, 6.45) is -0.711. The molecule has 0 unspecified atom stereocenters. The number of primary amides is 1. The van der Waals surface area contributed by atoms with Gasteiger partial charge in [0.2, 0.25) is 0 Å². The van der Waals surface area contributed by atoms with E-state index >= 15 is 0 Å². The van der Waals surface area contributed by atoms with Gasteiger partial charge in [-0.15, -0.1) is 5.73 Å². The topological polar surface area (TPSA) is 52.3 Å². The summed E-state index contributed by atoms with van der Waals surface area (Å²) in [4.78, 5) is 9.60. The van der Waals surface area contributed by atoms with Crippen molar-refractivity contribution in [3.05, 3.63) is 18.9 Å². The first-order valence-corrected chi connectivity index (χ1v) is 2.40.